The van der Waals surface area contributed by atoms with Crippen LogP contribution >= 0.6 is 22.9 Å². The van der Waals surface area contributed by atoms with Crippen molar-refractivity contribution in [2.24, 2.45) is 0 Å². The molecule has 5 nitrogen and oxygen atoms in total. The van der Waals surface area contributed by atoms with Crippen molar-refractivity contribution in [2.75, 3.05) is 25.0 Å². The number of thiophene rings is 1. The second-order valence-electron chi connectivity index (χ2n) is 5.36. The van der Waals surface area contributed by atoms with Crippen molar-refractivity contribution in [3.8, 4) is 0 Å². The van der Waals surface area contributed by atoms with Crippen LogP contribution in [0.3, 0.4) is 0 Å². The Morgan fingerprint density at radius 3 is 2.96 bits per heavy atom. The number of fused-ring (bicyclic) bond motifs is 1. The maximum atomic E-state index is 6.00. The van der Waals surface area contributed by atoms with Gasteiger partial charge in [-0.15, -0.1) is 11.3 Å². The summed E-state index contributed by atoms with van der Waals surface area (Å²) < 4.78 is 6.29. The van der Waals surface area contributed by atoms with E-state index in [2.05, 4.69) is 15.6 Å². The summed E-state index contributed by atoms with van der Waals surface area (Å²) in [6, 6.07) is 3.97. The number of nitrogens with one attached hydrogen (secondary N) is 2. The first-order chi connectivity index (χ1) is 11.3. The van der Waals surface area contributed by atoms with Crippen LogP contribution in [0.5, 0.6) is 0 Å². The normalized spacial score (nSPS) is 14.3. The summed E-state index contributed by atoms with van der Waals surface area (Å²) >= 11 is 7.59. The van der Waals surface area contributed by atoms with Gasteiger partial charge in [-0.25, -0.2) is 9.97 Å². The van der Waals surface area contributed by atoms with Gasteiger partial charge in [-0.05, 0) is 32.0 Å². The first kappa shape index (κ1) is 16.6. The largest absolute Gasteiger partial charge is 0.374 e. The molecule has 3 rings (SSSR count). The number of ether oxygens (including phenoxy) is 1. The van der Waals surface area contributed by atoms with Crippen LogP contribution in [0, 0.1) is 0 Å². The van der Waals surface area contributed by atoms with Crippen LogP contribution in [-0.4, -0.2) is 29.7 Å². The molecule has 0 spiro atoms. The van der Waals surface area contributed by atoms with Gasteiger partial charge < -0.3 is 15.4 Å². The van der Waals surface area contributed by atoms with E-state index < -0.39 is 0 Å². The van der Waals surface area contributed by atoms with Crippen molar-refractivity contribution in [3.63, 3.8) is 0 Å². The monoisotopic (exact) mass is 352 g/mol. The lowest BCUT2D eigenvalue weighted by atomic mass is 10.1. The van der Waals surface area contributed by atoms with Gasteiger partial charge in [0.1, 0.15) is 12.4 Å². The standard InChI is InChI=1S/C16H21ClN4OS/c1-2-22-10-15-20-13-6-8-18-7-5-12(13)16(21-15)19-9-11-3-4-14(17)23-11/h3-4,18H,2,5-10H2,1H3,(H,19,20,21). The van der Waals surface area contributed by atoms with Gasteiger partial charge in [0.25, 0.3) is 0 Å². The molecule has 0 unspecified atom stereocenters. The predicted octanol–water partition coefficient (Wildman–Crippen LogP) is 3.03. The zero-order valence-corrected chi connectivity index (χ0v) is 14.8. The van der Waals surface area contributed by atoms with E-state index in [1.165, 1.54) is 10.4 Å². The molecule has 2 N–H and O–H groups in total. The second-order valence-corrected chi connectivity index (χ2v) is 7.16. The summed E-state index contributed by atoms with van der Waals surface area (Å²) in [6.07, 6.45) is 1.87. The Balaban J connectivity index is 1.82. The van der Waals surface area contributed by atoms with Crippen molar-refractivity contribution < 1.29 is 4.74 Å². The number of anilines is 1. The molecule has 2 aromatic rings. The van der Waals surface area contributed by atoms with Gasteiger partial charge in [0.2, 0.25) is 0 Å². The van der Waals surface area contributed by atoms with Gasteiger partial charge in [0.15, 0.2) is 5.82 Å². The van der Waals surface area contributed by atoms with Crippen molar-refractivity contribution in [2.45, 2.75) is 32.9 Å². The number of hydrogen-bond donors (Lipinski definition) is 2. The van der Waals surface area contributed by atoms with E-state index in [1.807, 2.05) is 19.1 Å². The van der Waals surface area contributed by atoms with Crippen molar-refractivity contribution in [3.05, 3.63) is 38.4 Å². The third-order valence-electron chi connectivity index (χ3n) is 3.72. The number of rotatable bonds is 6. The van der Waals surface area contributed by atoms with E-state index in [0.29, 0.717) is 13.2 Å². The number of aromatic nitrogens is 2. The van der Waals surface area contributed by atoms with Crippen molar-refractivity contribution in [1.82, 2.24) is 15.3 Å². The summed E-state index contributed by atoms with van der Waals surface area (Å²) in [4.78, 5) is 10.6. The first-order valence-corrected chi connectivity index (χ1v) is 9.11. The minimum absolute atomic E-state index is 0.455. The van der Waals surface area contributed by atoms with Crippen LogP contribution in [0.15, 0.2) is 12.1 Å². The molecule has 0 radical (unpaired) electrons. The van der Waals surface area contributed by atoms with E-state index in [-0.39, 0.29) is 0 Å². The SMILES string of the molecule is CCOCc1nc2c(c(NCc3ccc(Cl)s3)n1)CCNCC2. The lowest BCUT2D eigenvalue weighted by molar-refractivity contribution is 0.128. The lowest BCUT2D eigenvalue weighted by Crippen LogP contribution is -2.16. The van der Waals surface area contributed by atoms with Crippen LogP contribution < -0.4 is 10.6 Å². The van der Waals surface area contributed by atoms with Gasteiger partial charge in [-0.1, -0.05) is 11.6 Å². The summed E-state index contributed by atoms with van der Waals surface area (Å²) in [6.45, 7) is 5.74. The fraction of sp³-hybridized carbons (Fsp3) is 0.500. The van der Waals surface area contributed by atoms with Crippen LogP contribution in [0.4, 0.5) is 5.82 Å². The quantitative estimate of drug-likeness (QED) is 0.836. The molecule has 1 aliphatic rings. The zero-order chi connectivity index (χ0) is 16.1. The average molecular weight is 353 g/mol. The highest BCUT2D eigenvalue weighted by molar-refractivity contribution is 7.16. The van der Waals surface area contributed by atoms with Gasteiger partial charge >= 0.3 is 0 Å². The number of hydrogen-bond acceptors (Lipinski definition) is 6. The van der Waals surface area contributed by atoms with Crippen LogP contribution in [0.1, 0.15) is 28.9 Å². The molecule has 7 heteroatoms. The molecule has 0 fully saturated rings. The third-order valence-corrected chi connectivity index (χ3v) is 4.95. The molecule has 2 aromatic heterocycles. The van der Waals surface area contributed by atoms with E-state index in [0.717, 1.165) is 54.1 Å². The first-order valence-electron chi connectivity index (χ1n) is 7.91. The predicted molar refractivity (Wildman–Crippen MR) is 94.3 cm³/mol. The van der Waals surface area contributed by atoms with Crippen molar-refractivity contribution in [1.29, 1.82) is 0 Å². The highest BCUT2D eigenvalue weighted by Crippen LogP contribution is 2.24. The zero-order valence-electron chi connectivity index (χ0n) is 13.2. The minimum Gasteiger partial charge on any atom is -0.374 e. The van der Waals surface area contributed by atoms with Gasteiger partial charge in [-0.2, -0.15) is 0 Å². The fourth-order valence-corrected chi connectivity index (χ4v) is 3.65. The summed E-state index contributed by atoms with van der Waals surface area (Å²) in [7, 11) is 0. The Bertz CT molecular complexity index is 662. The number of halogens is 1. The maximum Gasteiger partial charge on any atom is 0.156 e. The fourth-order valence-electron chi connectivity index (χ4n) is 2.62. The highest BCUT2D eigenvalue weighted by atomic mass is 35.5. The third kappa shape index (κ3) is 4.41. The summed E-state index contributed by atoms with van der Waals surface area (Å²) in [5, 5.41) is 6.88. The molecule has 0 saturated heterocycles. The molecule has 0 atom stereocenters. The van der Waals surface area contributed by atoms with Gasteiger partial charge in [-0.3, -0.25) is 0 Å². The molecular weight excluding hydrogens is 332 g/mol. The molecule has 1 aliphatic heterocycles. The summed E-state index contributed by atoms with van der Waals surface area (Å²) in [5.74, 6) is 1.68. The maximum absolute atomic E-state index is 6.00. The molecule has 0 saturated carbocycles. The minimum atomic E-state index is 0.455. The van der Waals surface area contributed by atoms with Crippen LogP contribution in [-0.2, 0) is 30.7 Å². The lowest BCUT2D eigenvalue weighted by Gasteiger charge is -2.14. The summed E-state index contributed by atoms with van der Waals surface area (Å²) in [5.41, 5.74) is 2.35. The van der Waals surface area contributed by atoms with Gasteiger partial charge in [0, 0.05) is 30.0 Å². The molecule has 0 amide bonds. The van der Waals surface area contributed by atoms with E-state index in [4.69, 9.17) is 21.3 Å². The Morgan fingerprint density at radius 2 is 2.17 bits per heavy atom. The molecule has 124 valence electrons. The smallest absolute Gasteiger partial charge is 0.156 e. The van der Waals surface area contributed by atoms with Crippen LogP contribution in [0.25, 0.3) is 0 Å². The number of nitrogens with zero attached hydrogens (tertiary/aromatic N) is 2. The topological polar surface area (TPSA) is 59.1 Å². The van der Waals surface area contributed by atoms with E-state index >= 15 is 0 Å². The van der Waals surface area contributed by atoms with Crippen molar-refractivity contribution >= 4 is 28.8 Å². The average Bonchev–Trinajstić information content (AvgIpc) is 2.82. The Kier molecular flexibility index (Phi) is 5.83. The van der Waals surface area contributed by atoms with E-state index in [1.54, 1.807) is 11.3 Å². The van der Waals surface area contributed by atoms with E-state index in [9.17, 15) is 0 Å². The molecule has 0 aliphatic carbocycles. The Hall–Kier alpha value is -1.21. The second kappa shape index (κ2) is 8.06. The molecule has 23 heavy (non-hydrogen) atoms. The highest BCUT2D eigenvalue weighted by Gasteiger charge is 2.16. The molecule has 0 bridgehead atoms. The molecule has 3 heterocycles. The van der Waals surface area contributed by atoms with Crippen LogP contribution in [0.2, 0.25) is 4.34 Å². The Labute approximate surface area is 145 Å². The van der Waals surface area contributed by atoms with Gasteiger partial charge in [0.05, 0.1) is 16.6 Å². The molecular formula is C16H21ClN4OS. The Morgan fingerprint density at radius 1 is 1.30 bits per heavy atom. The molecule has 0 aromatic carbocycles.